The van der Waals surface area contributed by atoms with E-state index >= 15 is 0 Å². The summed E-state index contributed by atoms with van der Waals surface area (Å²) in [5.41, 5.74) is 1.03. The first-order chi connectivity index (χ1) is 12.1. The monoisotopic (exact) mass is 360 g/mol. The first kappa shape index (κ1) is 16.4. The van der Waals surface area contributed by atoms with Crippen molar-refractivity contribution in [3.8, 4) is 0 Å². The Hall–Kier alpha value is -2.02. The van der Waals surface area contributed by atoms with Crippen LogP contribution in [0.25, 0.3) is 0 Å². The summed E-state index contributed by atoms with van der Waals surface area (Å²) < 4.78 is 5.20. The van der Waals surface area contributed by atoms with E-state index < -0.39 is 16.9 Å². The Kier molecular flexibility index (Phi) is 4.19. The van der Waals surface area contributed by atoms with Crippen molar-refractivity contribution in [3.63, 3.8) is 0 Å². The molecule has 2 atom stereocenters. The van der Waals surface area contributed by atoms with E-state index in [4.69, 9.17) is 4.74 Å². The molecule has 0 unspecified atom stereocenters. The van der Waals surface area contributed by atoms with Crippen LogP contribution in [0.3, 0.4) is 0 Å². The number of fused-ring (bicyclic) bond motifs is 1. The summed E-state index contributed by atoms with van der Waals surface area (Å²) in [6, 6.07) is 9.42. The standard InChI is InChI=1S/C18H20N2O4S/c21-15(19-13-6-7-13)10-24-17(23)14-11-25-18(9-8-16(22)20(14)18)12-4-2-1-3-5-12/h1-5,13-14H,6-11H2,(H,19,21)/t14-,18-/m0/s1. The van der Waals surface area contributed by atoms with Crippen LogP contribution < -0.4 is 5.32 Å². The number of benzene rings is 1. The molecule has 1 aromatic rings. The van der Waals surface area contributed by atoms with Crippen LogP contribution in [0.4, 0.5) is 0 Å². The van der Waals surface area contributed by atoms with E-state index in [1.54, 1.807) is 16.7 Å². The number of carbonyl (C=O) groups excluding carboxylic acids is 3. The summed E-state index contributed by atoms with van der Waals surface area (Å²) in [6.07, 6.45) is 3.09. The average Bonchev–Trinajstić information content (AvgIpc) is 3.25. The fraction of sp³-hybridized carbons (Fsp3) is 0.500. The van der Waals surface area contributed by atoms with Gasteiger partial charge in [0.1, 0.15) is 10.9 Å². The number of nitrogens with zero attached hydrogens (tertiary/aromatic N) is 1. The Morgan fingerprint density at radius 1 is 1.28 bits per heavy atom. The minimum absolute atomic E-state index is 0.0294. The minimum Gasteiger partial charge on any atom is -0.454 e. The summed E-state index contributed by atoms with van der Waals surface area (Å²) in [7, 11) is 0. The predicted octanol–water partition coefficient (Wildman–Crippen LogP) is 1.40. The molecule has 0 radical (unpaired) electrons. The maximum absolute atomic E-state index is 12.5. The quantitative estimate of drug-likeness (QED) is 0.804. The highest BCUT2D eigenvalue weighted by Crippen LogP contribution is 2.54. The summed E-state index contributed by atoms with van der Waals surface area (Å²) in [4.78, 5) is 37.9. The number of thioether (sulfide) groups is 1. The molecule has 1 aliphatic carbocycles. The Balaban J connectivity index is 1.46. The van der Waals surface area contributed by atoms with Gasteiger partial charge in [0.2, 0.25) is 5.91 Å². The van der Waals surface area contributed by atoms with E-state index in [0.29, 0.717) is 18.6 Å². The Morgan fingerprint density at radius 2 is 2.04 bits per heavy atom. The molecule has 3 aliphatic rings. The number of esters is 1. The van der Waals surface area contributed by atoms with Crippen molar-refractivity contribution in [1.29, 1.82) is 0 Å². The average molecular weight is 360 g/mol. The van der Waals surface area contributed by atoms with Gasteiger partial charge in [0.15, 0.2) is 6.61 Å². The van der Waals surface area contributed by atoms with Crippen LogP contribution in [0, 0.1) is 0 Å². The lowest BCUT2D eigenvalue weighted by molar-refractivity contribution is -0.156. The van der Waals surface area contributed by atoms with Gasteiger partial charge in [-0.1, -0.05) is 30.3 Å². The van der Waals surface area contributed by atoms with Crippen molar-refractivity contribution < 1.29 is 19.1 Å². The molecule has 132 valence electrons. The highest BCUT2D eigenvalue weighted by Gasteiger charge is 2.57. The fourth-order valence-electron chi connectivity index (χ4n) is 3.55. The second kappa shape index (κ2) is 6.37. The zero-order valence-electron chi connectivity index (χ0n) is 13.8. The van der Waals surface area contributed by atoms with Crippen molar-refractivity contribution in [3.05, 3.63) is 35.9 Å². The van der Waals surface area contributed by atoms with Gasteiger partial charge in [-0.3, -0.25) is 9.59 Å². The van der Waals surface area contributed by atoms with E-state index in [1.807, 2.05) is 30.3 Å². The van der Waals surface area contributed by atoms with Gasteiger partial charge in [0, 0.05) is 18.2 Å². The van der Waals surface area contributed by atoms with Crippen molar-refractivity contribution in [2.24, 2.45) is 0 Å². The Bertz CT molecular complexity index is 706. The molecule has 7 heteroatoms. The number of rotatable bonds is 5. The van der Waals surface area contributed by atoms with Crippen molar-refractivity contribution in [1.82, 2.24) is 10.2 Å². The van der Waals surface area contributed by atoms with E-state index in [1.165, 1.54) is 0 Å². The fourth-order valence-corrected chi connectivity index (χ4v) is 5.18. The molecule has 0 bridgehead atoms. The third-order valence-corrected chi connectivity index (χ3v) is 6.51. The van der Waals surface area contributed by atoms with Crippen LogP contribution in [0.15, 0.2) is 30.3 Å². The largest absolute Gasteiger partial charge is 0.454 e. The second-order valence-electron chi connectivity index (χ2n) is 6.69. The number of ether oxygens (including phenoxy) is 1. The maximum atomic E-state index is 12.5. The zero-order valence-corrected chi connectivity index (χ0v) is 14.6. The molecule has 2 saturated heterocycles. The van der Waals surface area contributed by atoms with Crippen LogP contribution in [0.2, 0.25) is 0 Å². The minimum atomic E-state index is -0.631. The van der Waals surface area contributed by atoms with E-state index in [2.05, 4.69) is 5.32 Å². The van der Waals surface area contributed by atoms with Gasteiger partial charge in [-0.2, -0.15) is 0 Å². The topological polar surface area (TPSA) is 75.7 Å². The lowest BCUT2D eigenvalue weighted by Crippen LogP contribution is -2.47. The zero-order chi connectivity index (χ0) is 17.4. The molecule has 2 aliphatic heterocycles. The van der Waals surface area contributed by atoms with Crippen LogP contribution in [-0.2, 0) is 24.0 Å². The molecular weight excluding hydrogens is 340 g/mol. The van der Waals surface area contributed by atoms with Crippen LogP contribution >= 0.6 is 11.8 Å². The summed E-state index contributed by atoms with van der Waals surface area (Å²) in [5, 5.41) is 2.79. The first-order valence-corrected chi connectivity index (χ1v) is 9.56. The molecule has 3 fully saturated rings. The molecule has 0 spiro atoms. The first-order valence-electron chi connectivity index (χ1n) is 8.58. The van der Waals surface area contributed by atoms with Gasteiger partial charge in [0.05, 0.1) is 0 Å². The molecule has 2 heterocycles. The van der Waals surface area contributed by atoms with Crippen molar-refractivity contribution in [2.45, 2.75) is 42.6 Å². The molecule has 25 heavy (non-hydrogen) atoms. The van der Waals surface area contributed by atoms with Crippen LogP contribution in [0.5, 0.6) is 0 Å². The molecule has 1 N–H and O–H groups in total. The normalized spacial score (nSPS) is 27.9. The third kappa shape index (κ3) is 3.01. The molecule has 1 saturated carbocycles. The highest BCUT2D eigenvalue weighted by molar-refractivity contribution is 8.00. The summed E-state index contributed by atoms with van der Waals surface area (Å²) in [6.45, 7) is -0.281. The Labute approximate surface area is 150 Å². The van der Waals surface area contributed by atoms with Gasteiger partial charge >= 0.3 is 5.97 Å². The van der Waals surface area contributed by atoms with Gasteiger partial charge in [-0.25, -0.2) is 4.79 Å². The molecule has 6 nitrogen and oxygen atoms in total. The SMILES string of the molecule is O=C(COC(=O)[C@@H]1CS[C@]2(c3ccccc3)CCC(=O)N12)NC1CC1. The van der Waals surface area contributed by atoms with Gasteiger partial charge < -0.3 is 15.0 Å². The number of nitrogens with one attached hydrogen (secondary N) is 1. The summed E-state index contributed by atoms with van der Waals surface area (Å²) >= 11 is 1.61. The molecule has 2 amide bonds. The van der Waals surface area contributed by atoms with Crippen LogP contribution in [0.1, 0.15) is 31.2 Å². The van der Waals surface area contributed by atoms with Gasteiger partial charge in [-0.05, 0) is 24.8 Å². The van der Waals surface area contributed by atoms with Gasteiger partial charge in [-0.15, -0.1) is 11.8 Å². The van der Waals surface area contributed by atoms with E-state index in [9.17, 15) is 14.4 Å². The molecule has 4 rings (SSSR count). The predicted molar refractivity (Wildman–Crippen MR) is 92.6 cm³/mol. The number of hydrogen-bond acceptors (Lipinski definition) is 5. The van der Waals surface area contributed by atoms with E-state index in [-0.39, 0.29) is 24.5 Å². The van der Waals surface area contributed by atoms with Crippen molar-refractivity contribution in [2.75, 3.05) is 12.4 Å². The Morgan fingerprint density at radius 3 is 2.76 bits per heavy atom. The maximum Gasteiger partial charge on any atom is 0.330 e. The summed E-state index contributed by atoms with van der Waals surface area (Å²) in [5.74, 6) is -0.308. The molecule has 1 aromatic carbocycles. The van der Waals surface area contributed by atoms with Gasteiger partial charge in [0.25, 0.3) is 5.91 Å². The molecule has 0 aromatic heterocycles. The third-order valence-electron chi connectivity index (χ3n) is 4.91. The molecular formula is C18H20N2O4S. The number of hydrogen-bond donors (Lipinski definition) is 1. The van der Waals surface area contributed by atoms with E-state index in [0.717, 1.165) is 18.4 Å². The van der Waals surface area contributed by atoms with Crippen LogP contribution in [-0.4, -0.2) is 47.1 Å². The highest BCUT2D eigenvalue weighted by atomic mass is 32.2. The van der Waals surface area contributed by atoms with Crippen molar-refractivity contribution >= 4 is 29.5 Å². The lowest BCUT2D eigenvalue weighted by Gasteiger charge is -2.33. The smallest absolute Gasteiger partial charge is 0.330 e. The number of amides is 2. The lowest BCUT2D eigenvalue weighted by atomic mass is 10.0. The number of carbonyl (C=O) groups is 3. The second-order valence-corrected chi connectivity index (χ2v) is 7.99.